The predicted octanol–water partition coefficient (Wildman–Crippen LogP) is 3.54. The van der Waals surface area contributed by atoms with Gasteiger partial charge in [-0.1, -0.05) is 24.3 Å². The molecule has 154 valence electrons. The molecule has 2 aliphatic rings. The van der Waals surface area contributed by atoms with E-state index in [-0.39, 0.29) is 18.0 Å². The summed E-state index contributed by atoms with van der Waals surface area (Å²) in [5.74, 6) is -0.260. The maximum Gasteiger partial charge on any atom is 0.337 e. The van der Waals surface area contributed by atoms with Gasteiger partial charge in [-0.25, -0.2) is 4.79 Å². The summed E-state index contributed by atoms with van der Waals surface area (Å²) >= 11 is 0. The van der Waals surface area contributed by atoms with Crippen LogP contribution in [0.1, 0.15) is 45.3 Å². The van der Waals surface area contributed by atoms with Crippen LogP contribution in [0.2, 0.25) is 0 Å². The molecule has 1 amide bonds. The normalized spacial score (nSPS) is 18.0. The van der Waals surface area contributed by atoms with Gasteiger partial charge in [0, 0.05) is 41.7 Å². The molecule has 1 aromatic heterocycles. The number of carbonyl (C=O) groups excluding carboxylic acids is 2. The maximum absolute atomic E-state index is 13.1. The monoisotopic (exact) mass is 404 g/mol. The van der Waals surface area contributed by atoms with E-state index in [1.54, 1.807) is 6.07 Å². The van der Waals surface area contributed by atoms with Gasteiger partial charge in [-0.15, -0.1) is 0 Å². The third-order valence-electron chi connectivity index (χ3n) is 6.20. The van der Waals surface area contributed by atoms with Gasteiger partial charge in [0.15, 0.2) is 0 Å². The largest absolute Gasteiger partial charge is 0.465 e. The maximum atomic E-state index is 13.1. The molecule has 6 nitrogen and oxygen atoms in total. The third kappa shape index (κ3) is 3.27. The van der Waals surface area contributed by atoms with Crippen molar-refractivity contribution in [2.24, 2.45) is 0 Å². The molecule has 0 aliphatic carbocycles. The molecule has 0 radical (unpaired) electrons. The summed E-state index contributed by atoms with van der Waals surface area (Å²) in [5, 5.41) is 0.977. The van der Waals surface area contributed by atoms with Gasteiger partial charge in [-0.2, -0.15) is 0 Å². The van der Waals surface area contributed by atoms with E-state index in [1.165, 1.54) is 12.7 Å². The van der Waals surface area contributed by atoms with Crippen LogP contribution in [0, 0.1) is 0 Å². The van der Waals surface area contributed by atoms with Crippen LogP contribution in [0.15, 0.2) is 42.5 Å². The molecule has 0 bridgehead atoms. The number of aromatic nitrogens is 1. The van der Waals surface area contributed by atoms with Gasteiger partial charge >= 0.3 is 5.97 Å². The Morgan fingerprint density at radius 2 is 2.07 bits per heavy atom. The van der Waals surface area contributed by atoms with Crippen molar-refractivity contribution in [1.29, 1.82) is 0 Å². The number of carbonyl (C=O) groups is 2. The number of nitrogens with one attached hydrogen (secondary N) is 1. The lowest BCUT2D eigenvalue weighted by Crippen LogP contribution is -2.37. The fourth-order valence-corrected chi connectivity index (χ4v) is 4.61. The van der Waals surface area contributed by atoms with E-state index in [0.717, 1.165) is 40.6 Å². The van der Waals surface area contributed by atoms with Crippen molar-refractivity contribution in [3.05, 3.63) is 70.4 Å². The van der Waals surface area contributed by atoms with E-state index in [9.17, 15) is 9.59 Å². The number of nitrogens with zero attached hydrogens (tertiary/aromatic N) is 1. The highest BCUT2D eigenvalue weighted by molar-refractivity contribution is 5.96. The number of aromatic amines is 1. The van der Waals surface area contributed by atoms with Crippen molar-refractivity contribution in [3.8, 4) is 0 Å². The van der Waals surface area contributed by atoms with Gasteiger partial charge in [0.25, 0.3) is 0 Å². The summed E-state index contributed by atoms with van der Waals surface area (Å²) in [6.45, 7) is 1.86. The first-order chi connectivity index (χ1) is 14.6. The van der Waals surface area contributed by atoms with Crippen LogP contribution >= 0.6 is 0 Å². The van der Waals surface area contributed by atoms with Gasteiger partial charge in [0.2, 0.25) is 5.91 Å². The Morgan fingerprint density at radius 3 is 2.93 bits per heavy atom. The molecule has 2 aliphatic heterocycles. The summed E-state index contributed by atoms with van der Waals surface area (Å²) in [6, 6.07) is 13.7. The first-order valence-corrected chi connectivity index (χ1v) is 10.3. The average Bonchev–Trinajstić information content (AvgIpc) is 3.16. The van der Waals surface area contributed by atoms with Crippen LogP contribution in [0.25, 0.3) is 10.9 Å². The molecule has 3 aromatic rings. The fourth-order valence-electron chi connectivity index (χ4n) is 4.61. The lowest BCUT2D eigenvalue weighted by molar-refractivity contribution is -0.135. The van der Waals surface area contributed by atoms with Crippen LogP contribution in [0.5, 0.6) is 0 Å². The van der Waals surface area contributed by atoms with Crippen LogP contribution in [0.4, 0.5) is 0 Å². The summed E-state index contributed by atoms with van der Waals surface area (Å²) in [4.78, 5) is 30.4. The van der Waals surface area contributed by atoms with Crippen molar-refractivity contribution < 1.29 is 19.1 Å². The number of rotatable bonds is 3. The lowest BCUT2D eigenvalue weighted by atomic mass is 9.95. The number of ether oxygens (including phenoxy) is 2. The summed E-state index contributed by atoms with van der Waals surface area (Å²) in [5.41, 5.74) is 6.11. The van der Waals surface area contributed by atoms with Gasteiger partial charge in [0.1, 0.15) is 0 Å². The quantitative estimate of drug-likeness (QED) is 0.678. The van der Waals surface area contributed by atoms with Crippen LogP contribution in [-0.4, -0.2) is 42.0 Å². The second-order valence-electron chi connectivity index (χ2n) is 7.91. The zero-order valence-electron chi connectivity index (χ0n) is 16.9. The van der Waals surface area contributed by atoms with E-state index >= 15 is 0 Å². The summed E-state index contributed by atoms with van der Waals surface area (Å²) < 4.78 is 10.8. The lowest BCUT2D eigenvalue weighted by Gasteiger charge is -2.31. The van der Waals surface area contributed by atoms with E-state index in [4.69, 9.17) is 9.47 Å². The second-order valence-corrected chi connectivity index (χ2v) is 7.91. The van der Waals surface area contributed by atoms with Crippen molar-refractivity contribution in [1.82, 2.24) is 9.88 Å². The Morgan fingerprint density at radius 1 is 1.20 bits per heavy atom. The molecule has 1 N–H and O–H groups in total. The Kier molecular flexibility index (Phi) is 4.79. The van der Waals surface area contributed by atoms with Crippen molar-refractivity contribution in [2.45, 2.75) is 31.9 Å². The molecule has 30 heavy (non-hydrogen) atoms. The molecule has 1 atom stereocenters. The average molecular weight is 404 g/mol. The van der Waals surface area contributed by atoms with Gasteiger partial charge in [0.05, 0.1) is 31.8 Å². The van der Waals surface area contributed by atoms with Gasteiger partial charge < -0.3 is 19.4 Å². The number of hydrogen-bond donors (Lipinski definition) is 1. The Hall–Kier alpha value is -3.12. The fraction of sp³-hybridized carbons (Fsp3) is 0.333. The number of benzene rings is 2. The van der Waals surface area contributed by atoms with E-state index < -0.39 is 0 Å². The summed E-state index contributed by atoms with van der Waals surface area (Å²) in [7, 11) is 1.38. The first-order valence-electron chi connectivity index (χ1n) is 10.3. The minimum atomic E-state index is -0.358. The number of fused-ring (bicyclic) bond motifs is 4. The Balaban J connectivity index is 1.37. The van der Waals surface area contributed by atoms with Gasteiger partial charge in [-0.3, -0.25) is 4.79 Å². The van der Waals surface area contributed by atoms with Crippen LogP contribution in [0.3, 0.4) is 0 Å². The van der Waals surface area contributed by atoms with E-state index in [1.807, 2.05) is 29.2 Å². The molecular weight excluding hydrogens is 380 g/mol. The minimum Gasteiger partial charge on any atom is -0.465 e. The highest BCUT2D eigenvalue weighted by Gasteiger charge is 2.29. The molecule has 0 spiro atoms. The smallest absolute Gasteiger partial charge is 0.337 e. The topological polar surface area (TPSA) is 71.6 Å². The number of methoxy groups -OCH3 is 1. The SMILES string of the molecule is COC(=O)c1ccc2[nH]c3c(c2c1)CN(C(=O)CC1OCCc2ccccc21)CC3. The number of H-pyrrole nitrogens is 1. The number of hydrogen-bond acceptors (Lipinski definition) is 4. The predicted molar refractivity (Wildman–Crippen MR) is 112 cm³/mol. The summed E-state index contributed by atoms with van der Waals surface area (Å²) in [6.07, 6.45) is 1.83. The Labute approximate surface area is 174 Å². The van der Waals surface area contributed by atoms with Crippen LogP contribution in [-0.2, 0) is 33.7 Å². The number of amides is 1. The number of esters is 1. The van der Waals surface area contributed by atoms with Crippen molar-refractivity contribution in [3.63, 3.8) is 0 Å². The molecule has 2 aromatic carbocycles. The van der Waals surface area contributed by atoms with E-state index in [2.05, 4.69) is 17.1 Å². The van der Waals surface area contributed by atoms with Crippen LogP contribution < -0.4 is 0 Å². The highest BCUT2D eigenvalue weighted by atomic mass is 16.5. The van der Waals surface area contributed by atoms with E-state index in [0.29, 0.717) is 31.7 Å². The molecule has 6 heteroatoms. The second kappa shape index (κ2) is 7.61. The zero-order chi connectivity index (χ0) is 20.7. The van der Waals surface area contributed by atoms with Gasteiger partial charge in [-0.05, 0) is 35.7 Å². The first kappa shape index (κ1) is 18.9. The molecule has 1 unspecified atom stereocenters. The van der Waals surface area contributed by atoms with Crippen molar-refractivity contribution >= 4 is 22.8 Å². The Bertz CT molecular complexity index is 1130. The molecule has 0 saturated heterocycles. The third-order valence-corrected chi connectivity index (χ3v) is 6.20. The van der Waals surface area contributed by atoms with Crippen molar-refractivity contribution in [2.75, 3.05) is 20.3 Å². The molecule has 0 fully saturated rings. The molecule has 0 saturated carbocycles. The highest BCUT2D eigenvalue weighted by Crippen LogP contribution is 2.32. The standard InChI is InChI=1S/C24H24N2O4/c1-29-24(28)16-6-7-20-18(12-16)19-14-26(10-8-21(19)25-20)23(27)13-22-17-5-3-2-4-15(17)9-11-30-22/h2-7,12,22,25H,8-11,13-14H2,1H3. The molecule has 5 rings (SSSR count). The minimum absolute atomic E-state index is 0.0980. The molecular formula is C24H24N2O4. The zero-order valence-corrected chi connectivity index (χ0v) is 16.9. The molecule has 3 heterocycles.